The van der Waals surface area contributed by atoms with Crippen LogP contribution in [0.15, 0.2) is 0 Å². The van der Waals surface area contributed by atoms with E-state index < -0.39 is 0 Å². The molecular formula is C13H24N2O2. The van der Waals surface area contributed by atoms with Crippen LogP contribution in [0, 0.1) is 0 Å². The third kappa shape index (κ3) is 2.80. The largest absolute Gasteiger partial charge is 0.368 e. The molecule has 2 unspecified atom stereocenters. The minimum Gasteiger partial charge on any atom is -0.368 e. The average Bonchev–Trinajstić information content (AvgIpc) is 2.91. The van der Waals surface area contributed by atoms with E-state index in [1.807, 2.05) is 0 Å². The number of nitrogens with zero attached hydrogens (tertiary/aromatic N) is 1. The molecule has 0 saturated carbocycles. The molecule has 17 heavy (non-hydrogen) atoms. The molecule has 0 aliphatic carbocycles. The Bertz CT molecular complexity index is 264. The van der Waals surface area contributed by atoms with E-state index in [1.165, 1.54) is 0 Å². The molecule has 4 heteroatoms. The molecule has 2 aliphatic rings. The van der Waals surface area contributed by atoms with Gasteiger partial charge in [0.2, 0.25) is 0 Å². The fraction of sp³-hybridized carbons (Fsp3) is 0.923. The maximum absolute atomic E-state index is 12.4. The number of hydrogen-bond acceptors (Lipinski definition) is 3. The molecule has 2 aliphatic heterocycles. The number of hydrogen-bond donors (Lipinski definition) is 1. The number of rotatable bonds is 3. The van der Waals surface area contributed by atoms with Crippen LogP contribution >= 0.6 is 0 Å². The molecule has 0 aromatic rings. The third-order valence-corrected chi connectivity index (χ3v) is 3.95. The van der Waals surface area contributed by atoms with Gasteiger partial charge < -0.3 is 15.0 Å². The van der Waals surface area contributed by atoms with Crippen molar-refractivity contribution in [2.45, 2.75) is 57.7 Å². The van der Waals surface area contributed by atoms with E-state index in [0.717, 1.165) is 45.4 Å². The number of nitrogens with one attached hydrogen (secondary N) is 1. The number of piperazine rings is 1. The molecule has 0 aromatic carbocycles. The summed E-state index contributed by atoms with van der Waals surface area (Å²) in [5.74, 6) is 0.217. The Morgan fingerprint density at radius 3 is 2.82 bits per heavy atom. The Morgan fingerprint density at radius 1 is 1.41 bits per heavy atom. The van der Waals surface area contributed by atoms with E-state index in [9.17, 15) is 4.79 Å². The first-order chi connectivity index (χ1) is 8.26. The topological polar surface area (TPSA) is 41.6 Å². The SMILES string of the molecule is CCC1CN(C(=O)[C@@H]2CCCO2)C(CC)CN1. The second-order valence-electron chi connectivity index (χ2n) is 5.07. The molecule has 2 fully saturated rings. The van der Waals surface area contributed by atoms with Crippen LogP contribution in [-0.2, 0) is 9.53 Å². The van der Waals surface area contributed by atoms with E-state index in [-0.39, 0.29) is 12.0 Å². The van der Waals surface area contributed by atoms with Crippen molar-refractivity contribution in [3.8, 4) is 0 Å². The van der Waals surface area contributed by atoms with Crippen molar-refractivity contribution in [1.29, 1.82) is 0 Å². The van der Waals surface area contributed by atoms with Crippen LogP contribution in [0.2, 0.25) is 0 Å². The van der Waals surface area contributed by atoms with Crippen molar-refractivity contribution in [2.75, 3.05) is 19.7 Å². The molecule has 1 N–H and O–H groups in total. The molecular weight excluding hydrogens is 216 g/mol. The van der Waals surface area contributed by atoms with Crippen LogP contribution in [0.3, 0.4) is 0 Å². The highest BCUT2D eigenvalue weighted by Crippen LogP contribution is 2.19. The highest BCUT2D eigenvalue weighted by molar-refractivity contribution is 5.81. The number of carbonyl (C=O) groups excluding carboxylic acids is 1. The second-order valence-corrected chi connectivity index (χ2v) is 5.07. The molecule has 3 atom stereocenters. The summed E-state index contributed by atoms with van der Waals surface area (Å²) in [6.45, 7) is 6.82. The predicted molar refractivity (Wildman–Crippen MR) is 66.8 cm³/mol. The van der Waals surface area contributed by atoms with Gasteiger partial charge in [-0.2, -0.15) is 0 Å². The first kappa shape index (κ1) is 12.8. The summed E-state index contributed by atoms with van der Waals surface area (Å²) in [6, 6.07) is 0.789. The van der Waals surface area contributed by atoms with E-state index in [2.05, 4.69) is 24.1 Å². The van der Waals surface area contributed by atoms with Crippen LogP contribution in [0.4, 0.5) is 0 Å². The summed E-state index contributed by atoms with van der Waals surface area (Å²) in [6.07, 6.45) is 3.85. The predicted octanol–water partition coefficient (Wildman–Crippen LogP) is 1.15. The number of carbonyl (C=O) groups is 1. The zero-order valence-corrected chi connectivity index (χ0v) is 10.9. The fourth-order valence-electron chi connectivity index (χ4n) is 2.73. The van der Waals surface area contributed by atoms with Gasteiger partial charge in [0.05, 0.1) is 0 Å². The normalized spacial score (nSPS) is 34.0. The van der Waals surface area contributed by atoms with Crippen molar-refractivity contribution >= 4 is 5.91 Å². The Balaban J connectivity index is 2.00. The van der Waals surface area contributed by atoms with Crippen molar-refractivity contribution in [3.05, 3.63) is 0 Å². The van der Waals surface area contributed by atoms with Crippen LogP contribution in [0.5, 0.6) is 0 Å². The quantitative estimate of drug-likeness (QED) is 0.804. The Morgan fingerprint density at radius 2 is 2.24 bits per heavy atom. The second kappa shape index (κ2) is 5.83. The fourth-order valence-corrected chi connectivity index (χ4v) is 2.73. The van der Waals surface area contributed by atoms with Gasteiger partial charge in [0.1, 0.15) is 6.10 Å². The molecule has 2 rings (SSSR count). The maximum atomic E-state index is 12.4. The summed E-state index contributed by atoms with van der Waals surface area (Å²) >= 11 is 0. The Hall–Kier alpha value is -0.610. The van der Waals surface area contributed by atoms with Crippen molar-refractivity contribution < 1.29 is 9.53 Å². The number of ether oxygens (including phenoxy) is 1. The molecule has 2 saturated heterocycles. The average molecular weight is 240 g/mol. The minimum absolute atomic E-state index is 0.167. The van der Waals surface area contributed by atoms with Gasteiger partial charge in [-0.05, 0) is 25.7 Å². The van der Waals surface area contributed by atoms with E-state index >= 15 is 0 Å². The van der Waals surface area contributed by atoms with Gasteiger partial charge in [0.25, 0.3) is 5.91 Å². The Kier molecular flexibility index (Phi) is 4.40. The van der Waals surface area contributed by atoms with Crippen LogP contribution in [0.1, 0.15) is 39.5 Å². The maximum Gasteiger partial charge on any atom is 0.252 e. The standard InChI is InChI=1S/C13H24N2O2/c1-3-10-9-15(11(4-2)8-14-10)13(16)12-6-5-7-17-12/h10-12,14H,3-9H2,1-2H3/t10?,11?,12-/m0/s1. The molecule has 0 bridgehead atoms. The van der Waals surface area contributed by atoms with Gasteiger partial charge in [0, 0.05) is 31.8 Å². The lowest BCUT2D eigenvalue weighted by Gasteiger charge is -2.41. The molecule has 4 nitrogen and oxygen atoms in total. The molecule has 0 aromatic heterocycles. The monoisotopic (exact) mass is 240 g/mol. The molecule has 0 radical (unpaired) electrons. The van der Waals surface area contributed by atoms with Gasteiger partial charge in [-0.1, -0.05) is 13.8 Å². The lowest BCUT2D eigenvalue weighted by molar-refractivity contribution is -0.145. The van der Waals surface area contributed by atoms with Gasteiger partial charge in [-0.3, -0.25) is 4.79 Å². The van der Waals surface area contributed by atoms with Crippen LogP contribution < -0.4 is 5.32 Å². The highest BCUT2D eigenvalue weighted by atomic mass is 16.5. The summed E-state index contributed by atoms with van der Waals surface area (Å²) < 4.78 is 5.52. The zero-order valence-electron chi connectivity index (χ0n) is 10.9. The lowest BCUT2D eigenvalue weighted by Crippen LogP contribution is -2.59. The summed E-state index contributed by atoms with van der Waals surface area (Å²) in [4.78, 5) is 14.5. The van der Waals surface area contributed by atoms with Gasteiger partial charge >= 0.3 is 0 Å². The van der Waals surface area contributed by atoms with Gasteiger partial charge in [-0.25, -0.2) is 0 Å². The van der Waals surface area contributed by atoms with Crippen LogP contribution in [-0.4, -0.2) is 48.7 Å². The summed E-state index contributed by atoms with van der Waals surface area (Å²) in [7, 11) is 0. The first-order valence-corrected chi connectivity index (χ1v) is 6.91. The lowest BCUT2D eigenvalue weighted by atomic mass is 10.0. The first-order valence-electron chi connectivity index (χ1n) is 6.91. The minimum atomic E-state index is -0.167. The van der Waals surface area contributed by atoms with Crippen molar-refractivity contribution in [3.63, 3.8) is 0 Å². The smallest absolute Gasteiger partial charge is 0.252 e. The van der Waals surface area contributed by atoms with Crippen molar-refractivity contribution in [2.24, 2.45) is 0 Å². The summed E-state index contributed by atoms with van der Waals surface area (Å²) in [5.41, 5.74) is 0. The molecule has 2 heterocycles. The molecule has 0 spiro atoms. The van der Waals surface area contributed by atoms with Gasteiger partial charge in [-0.15, -0.1) is 0 Å². The molecule has 98 valence electrons. The zero-order chi connectivity index (χ0) is 12.3. The van der Waals surface area contributed by atoms with E-state index in [1.54, 1.807) is 0 Å². The van der Waals surface area contributed by atoms with Gasteiger partial charge in [0.15, 0.2) is 0 Å². The highest BCUT2D eigenvalue weighted by Gasteiger charge is 2.35. The van der Waals surface area contributed by atoms with Crippen LogP contribution in [0.25, 0.3) is 0 Å². The summed E-state index contributed by atoms with van der Waals surface area (Å²) in [5, 5.41) is 3.51. The van der Waals surface area contributed by atoms with E-state index in [0.29, 0.717) is 12.1 Å². The van der Waals surface area contributed by atoms with Crippen molar-refractivity contribution in [1.82, 2.24) is 10.2 Å². The third-order valence-electron chi connectivity index (χ3n) is 3.95. The Labute approximate surface area is 104 Å². The number of amides is 1. The van der Waals surface area contributed by atoms with E-state index in [4.69, 9.17) is 4.74 Å². The molecule has 1 amide bonds.